The third kappa shape index (κ3) is 3.90. The van der Waals surface area contributed by atoms with E-state index in [2.05, 4.69) is 5.32 Å². The van der Waals surface area contributed by atoms with Gasteiger partial charge in [-0.05, 0) is 19.1 Å². The molecule has 0 unspecified atom stereocenters. The van der Waals surface area contributed by atoms with Gasteiger partial charge in [-0.2, -0.15) is 4.31 Å². The molecule has 0 saturated carbocycles. The number of likely N-dealkylation sites (N-methyl/N-ethyl adjacent to an activating group) is 1. The lowest BCUT2D eigenvalue weighted by atomic mass is 10.2. The molecule has 0 spiro atoms. The molecule has 1 aromatic carbocycles. The van der Waals surface area contributed by atoms with Crippen LogP contribution in [-0.4, -0.2) is 49.0 Å². The number of hydrogen-bond donors (Lipinski definition) is 2. The predicted octanol–water partition coefficient (Wildman–Crippen LogP) is 1.03. The molecular weight excluding hydrogens is 298 g/mol. The zero-order valence-electron chi connectivity index (χ0n) is 11.9. The minimum absolute atomic E-state index is 0.0215. The summed E-state index contributed by atoms with van der Waals surface area (Å²) in [5, 5.41) is 22.6. The second-order valence-corrected chi connectivity index (χ2v) is 6.12. The van der Waals surface area contributed by atoms with Crippen molar-refractivity contribution in [2.75, 3.05) is 31.6 Å². The van der Waals surface area contributed by atoms with Crippen LogP contribution in [0.4, 0.5) is 11.4 Å². The van der Waals surface area contributed by atoms with E-state index in [4.69, 9.17) is 5.11 Å². The Kier molecular flexibility index (Phi) is 6.06. The number of aliphatic hydroxyl groups excluding tert-OH is 1. The molecule has 21 heavy (non-hydrogen) atoms. The van der Waals surface area contributed by atoms with Gasteiger partial charge in [0.25, 0.3) is 5.69 Å². The van der Waals surface area contributed by atoms with Crippen molar-refractivity contribution in [1.82, 2.24) is 4.31 Å². The monoisotopic (exact) mass is 317 g/mol. The number of nitrogens with zero attached hydrogens (tertiary/aromatic N) is 2. The topological polar surface area (TPSA) is 113 Å². The van der Waals surface area contributed by atoms with Crippen molar-refractivity contribution < 1.29 is 18.4 Å². The molecule has 0 atom stereocenters. The van der Waals surface area contributed by atoms with Gasteiger partial charge in [0.2, 0.25) is 10.0 Å². The van der Waals surface area contributed by atoms with Crippen LogP contribution in [0, 0.1) is 10.1 Å². The molecule has 0 radical (unpaired) electrons. The van der Waals surface area contributed by atoms with E-state index in [1.807, 2.05) is 0 Å². The Morgan fingerprint density at radius 2 is 2.05 bits per heavy atom. The molecule has 0 aliphatic heterocycles. The average Bonchev–Trinajstić information content (AvgIpc) is 2.44. The number of nitro groups is 1. The van der Waals surface area contributed by atoms with E-state index in [-0.39, 0.29) is 36.0 Å². The van der Waals surface area contributed by atoms with Crippen LogP contribution in [0.15, 0.2) is 23.1 Å². The Bertz CT molecular complexity index is 603. The van der Waals surface area contributed by atoms with E-state index in [1.54, 1.807) is 13.8 Å². The van der Waals surface area contributed by atoms with Gasteiger partial charge in [0.1, 0.15) is 5.69 Å². The van der Waals surface area contributed by atoms with Gasteiger partial charge in [0.05, 0.1) is 16.4 Å². The number of nitro benzene ring substituents is 1. The fourth-order valence-electron chi connectivity index (χ4n) is 1.88. The van der Waals surface area contributed by atoms with Crippen molar-refractivity contribution in [3.63, 3.8) is 0 Å². The smallest absolute Gasteiger partial charge is 0.292 e. The number of aliphatic hydroxyl groups is 1. The van der Waals surface area contributed by atoms with Crippen LogP contribution in [0.25, 0.3) is 0 Å². The minimum Gasteiger partial charge on any atom is -0.395 e. The molecule has 118 valence electrons. The number of hydrogen-bond acceptors (Lipinski definition) is 6. The van der Waals surface area contributed by atoms with Gasteiger partial charge in [0, 0.05) is 25.7 Å². The van der Waals surface area contributed by atoms with Crippen LogP contribution < -0.4 is 5.32 Å². The molecule has 0 saturated heterocycles. The van der Waals surface area contributed by atoms with E-state index < -0.39 is 14.9 Å². The lowest BCUT2D eigenvalue weighted by molar-refractivity contribution is -0.384. The van der Waals surface area contributed by atoms with Crippen molar-refractivity contribution >= 4 is 21.4 Å². The van der Waals surface area contributed by atoms with Gasteiger partial charge in [-0.25, -0.2) is 8.42 Å². The summed E-state index contributed by atoms with van der Waals surface area (Å²) in [6, 6.07) is 3.61. The van der Waals surface area contributed by atoms with Crippen LogP contribution in [0.2, 0.25) is 0 Å². The summed E-state index contributed by atoms with van der Waals surface area (Å²) < 4.78 is 25.9. The number of nitrogens with one attached hydrogen (secondary N) is 1. The summed E-state index contributed by atoms with van der Waals surface area (Å²) in [4.78, 5) is 10.3. The Balaban J connectivity index is 3.30. The van der Waals surface area contributed by atoms with E-state index in [0.717, 1.165) is 10.4 Å². The predicted molar refractivity (Wildman–Crippen MR) is 78.8 cm³/mol. The molecule has 9 heteroatoms. The largest absolute Gasteiger partial charge is 0.395 e. The first kappa shape index (κ1) is 17.3. The first-order valence-corrected chi connectivity index (χ1v) is 7.95. The number of anilines is 1. The van der Waals surface area contributed by atoms with Crippen molar-refractivity contribution in [3.8, 4) is 0 Å². The van der Waals surface area contributed by atoms with Crippen LogP contribution in [-0.2, 0) is 10.0 Å². The molecule has 0 amide bonds. The Labute approximate surface area is 123 Å². The highest BCUT2D eigenvalue weighted by Gasteiger charge is 2.25. The highest BCUT2D eigenvalue weighted by atomic mass is 32.2. The van der Waals surface area contributed by atoms with Gasteiger partial charge >= 0.3 is 0 Å². The minimum atomic E-state index is -3.79. The Morgan fingerprint density at radius 1 is 1.38 bits per heavy atom. The Hall–Kier alpha value is -1.71. The van der Waals surface area contributed by atoms with Crippen molar-refractivity contribution in [2.45, 2.75) is 18.7 Å². The molecule has 1 aromatic rings. The molecule has 0 bridgehead atoms. The summed E-state index contributed by atoms with van der Waals surface area (Å²) >= 11 is 0. The van der Waals surface area contributed by atoms with Crippen LogP contribution in [0.1, 0.15) is 13.8 Å². The van der Waals surface area contributed by atoms with E-state index in [0.29, 0.717) is 6.54 Å². The van der Waals surface area contributed by atoms with Gasteiger partial charge in [-0.3, -0.25) is 10.1 Å². The molecule has 0 aromatic heterocycles. The lowest BCUT2D eigenvalue weighted by Crippen LogP contribution is -2.33. The fourth-order valence-corrected chi connectivity index (χ4v) is 3.34. The third-order valence-corrected chi connectivity index (χ3v) is 4.84. The highest BCUT2D eigenvalue weighted by Crippen LogP contribution is 2.28. The van der Waals surface area contributed by atoms with Gasteiger partial charge in [-0.1, -0.05) is 6.92 Å². The molecule has 0 aliphatic rings. The number of benzene rings is 1. The molecular formula is C12H19N3O5S. The quantitative estimate of drug-likeness (QED) is 0.547. The summed E-state index contributed by atoms with van der Waals surface area (Å²) in [5.74, 6) is 0. The maximum absolute atomic E-state index is 12.4. The second kappa shape index (κ2) is 7.34. The zero-order valence-corrected chi connectivity index (χ0v) is 12.8. The normalized spacial score (nSPS) is 11.6. The zero-order chi connectivity index (χ0) is 16.0. The van der Waals surface area contributed by atoms with E-state index in [9.17, 15) is 18.5 Å². The van der Waals surface area contributed by atoms with E-state index in [1.165, 1.54) is 12.1 Å². The maximum Gasteiger partial charge on any atom is 0.292 e. The summed E-state index contributed by atoms with van der Waals surface area (Å²) in [7, 11) is -3.79. The molecule has 0 aliphatic carbocycles. The van der Waals surface area contributed by atoms with Crippen LogP contribution in [0.5, 0.6) is 0 Å². The summed E-state index contributed by atoms with van der Waals surface area (Å²) in [5.41, 5.74) is -0.0235. The second-order valence-electron chi connectivity index (χ2n) is 4.19. The maximum atomic E-state index is 12.4. The molecule has 8 nitrogen and oxygen atoms in total. The van der Waals surface area contributed by atoms with Crippen molar-refractivity contribution in [2.24, 2.45) is 0 Å². The average molecular weight is 317 g/mol. The van der Waals surface area contributed by atoms with Crippen LogP contribution in [0.3, 0.4) is 0 Å². The summed E-state index contributed by atoms with van der Waals surface area (Å²) in [6.07, 6.45) is 0. The SMILES string of the molecule is CCNc1cc(S(=O)(=O)N(CC)CCO)ccc1[N+](=O)[O-]. The fraction of sp³-hybridized carbons (Fsp3) is 0.500. The van der Waals surface area contributed by atoms with Crippen LogP contribution >= 0.6 is 0 Å². The standard InChI is InChI=1S/C12H19N3O5S/c1-3-13-11-9-10(5-6-12(11)15(17)18)21(19,20)14(4-2)7-8-16/h5-6,9,13,16H,3-4,7-8H2,1-2H3. The summed E-state index contributed by atoms with van der Waals surface area (Å²) in [6.45, 7) is 3.74. The first-order valence-electron chi connectivity index (χ1n) is 6.51. The molecule has 2 N–H and O–H groups in total. The number of sulfonamides is 1. The lowest BCUT2D eigenvalue weighted by Gasteiger charge is -2.19. The molecule has 0 fully saturated rings. The molecule has 1 rings (SSSR count). The van der Waals surface area contributed by atoms with Crippen molar-refractivity contribution in [3.05, 3.63) is 28.3 Å². The molecule has 0 heterocycles. The number of rotatable bonds is 8. The third-order valence-electron chi connectivity index (χ3n) is 2.87. The Morgan fingerprint density at radius 3 is 2.52 bits per heavy atom. The first-order chi connectivity index (χ1) is 9.88. The van der Waals surface area contributed by atoms with Gasteiger partial charge < -0.3 is 10.4 Å². The van der Waals surface area contributed by atoms with E-state index >= 15 is 0 Å². The van der Waals surface area contributed by atoms with Gasteiger partial charge in [0.15, 0.2) is 0 Å². The highest BCUT2D eigenvalue weighted by molar-refractivity contribution is 7.89. The van der Waals surface area contributed by atoms with Gasteiger partial charge in [-0.15, -0.1) is 0 Å². The van der Waals surface area contributed by atoms with Crippen molar-refractivity contribution in [1.29, 1.82) is 0 Å².